The van der Waals surface area contributed by atoms with Crippen molar-refractivity contribution < 1.29 is 9.52 Å². The predicted molar refractivity (Wildman–Crippen MR) is 56.2 cm³/mol. The van der Waals surface area contributed by atoms with E-state index in [4.69, 9.17) is 4.42 Å². The molecule has 2 rings (SSSR count). The first-order valence-electron chi connectivity index (χ1n) is 4.84. The van der Waals surface area contributed by atoms with Gasteiger partial charge in [-0.05, 0) is 25.1 Å². The van der Waals surface area contributed by atoms with Gasteiger partial charge < -0.3 is 9.52 Å². The molecule has 15 heavy (non-hydrogen) atoms. The largest absolute Gasteiger partial charge is 0.469 e. The highest BCUT2D eigenvalue weighted by molar-refractivity contribution is 5.19. The number of rotatable bonds is 3. The Morgan fingerprint density at radius 3 is 2.87 bits per heavy atom. The molecule has 0 aromatic carbocycles. The molecule has 1 N–H and O–H groups in total. The van der Waals surface area contributed by atoms with Crippen LogP contribution in [0, 0.1) is 0 Å². The number of aromatic nitrogens is 1. The van der Waals surface area contributed by atoms with E-state index in [2.05, 4.69) is 4.98 Å². The fourth-order valence-corrected chi connectivity index (χ4v) is 1.54. The van der Waals surface area contributed by atoms with Crippen LogP contribution in [-0.2, 0) is 12.0 Å². The summed E-state index contributed by atoms with van der Waals surface area (Å²) in [7, 11) is 0. The maximum absolute atomic E-state index is 10.3. The smallest absolute Gasteiger partial charge is 0.106 e. The second-order valence-corrected chi connectivity index (χ2v) is 3.77. The van der Waals surface area contributed by atoms with Crippen LogP contribution in [0.3, 0.4) is 0 Å². The molecule has 0 bridgehead atoms. The van der Waals surface area contributed by atoms with Crippen molar-refractivity contribution in [1.29, 1.82) is 0 Å². The molecule has 3 nitrogen and oxygen atoms in total. The summed E-state index contributed by atoms with van der Waals surface area (Å²) >= 11 is 0. The molecule has 0 aliphatic carbocycles. The monoisotopic (exact) mass is 203 g/mol. The fourth-order valence-electron chi connectivity index (χ4n) is 1.54. The van der Waals surface area contributed by atoms with Gasteiger partial charge >= 0.3 is 0 Å². The Hall–Kier alpha value is -1.61. The van der Waals surface area contributed by atoms with Crippen LogP contribution in [0.25, 0.3) is 0 Å². The van der Waals surface area contributed by atoms with Gasteiger partial charge in [0.25, 0.3) is 0 Å². The quantitative estimate of drug-likeness (QED) is 0.831. The first-order chi connectivity index (χ1) is 7.18. The zero-order valence-corrected chi connectivity index (χ0v) is 8.55. The Balaban J connectivity index is 2.20. The minimum atomic E-state index is -0.938. The van der Waals surface area contributed by atoms with Crippen LogP contribution in [0.2, 0.25) is 0 Å². The van der Waals surface area contributed by atoms with E-state index in [1.807, 2.05) is 24.3 Å². The maximum atomic E-state index is 10.3. The maximum Gasteiger partial charge on any atom is 0.106 e. The molecule has 2 aromatic rings. The summed E-state index contributed by atoms with van der Waals surface area (Å²) in [5, 5.41) is 10.3. The van der Waals surface area contributed by atoms with Crippen LogP contribution in [-0.4, -0.2) is 10.1 Å². The highest BCUT2D eigenvalue weighted by Crippen LogP contribution is 2.24. The molecule has 1 unspecified atom stereocenters. The molecule has 3 heteroatoms. The van der Waals surface area contributed by atoms with Crippen molar-refractivity contribution in [2.24, 2.45) is 0 Å². The first-order valence-corrected chi connectivity index (χ1v) is 4.84. The Kier molecular flexibility index (Phi) is 2.56. The zero-order chi connectivity index (χ0) is 10.7. The summed E-state index contributed by atoms with van der Waals surface area (Å²) < 4.78 is 5.21. The molecule has 0 saturated heterocycles. The van der Waals surface area contributed by atoms with Crippen LogP contribution in [0.1, 0.15) is 18.2 Å². The van der Waals surface area contributed by atoms with E-state index >= 15 is 0 Å². The van der Waals surface area contributed by atoms with Crippen LogP contribution >= 0.6 is 0 Å². The van der Waals surface area contributed by atoms with Crippen molar-refractivity contribution >= 4 is 0 Å². The number of aliphatic hydroxyl groups is 1. The minimum absolute atomic E-state index is 0.450. The van der Waals surface area contributed by atoms with E-state index in [0.717, 1.165) is 11.3 Å². The summed E-state index contributed by atoms with van der Waals surface area (Å²) in [6, 6.07) is 7.33. The van der Waals surface area contributed by atoms with Crippen molar-refractivity contribution in [3.05, 3.63) is 54.2 Å². The first kappa shape index (κ1) is 9.93. The van der Waals surface area contributed by atoms with E-state index in [1.165, 1.54) is 0 Å². The Morgan fingerprint density at radius 1 is 1.40 bits per heavy atom. The van der Waals surface area contributed by atoms with E-state index in [9.17, 15) is 5.11 Å². The third-order valence-corrected chi connectivity index (χ3v) is 2.38. The molecule has 2 aromatic heterocycles. The molecule has 0 aliphatic rings. The molecule has 0 amide bonds. The van der Waals surface area contributed by atoms with Gasteiger partial charge in [-0.3, -0.25) is 4.98 Å². The van der Waals surface area contributed by atoms with Gasteiger partial charge in [0.2, 0.25) is 0 Å². The lowest BCUT2D eigenvalue weighted by atomic mass is 9.93. The lowest BCUT2D eigenvalue weighted by molar-refractivity contribution is 0.0518. The highest BCUT2D eigenvalue weighted by atomic mass is 16.3. The topological polar surface area (TPSA) is 46.3 Å². The number of hydrogen-bond donors (Lipinski definition) is 1. The molecular formula is C12H13NO2. The molecular weight excluding hydrogens is 190 g/mol. The van der Waals surface area contributed by atoms with E-state index in [-0.39, 0.29) is 0 Å². The number of hydrogen-bond acceptors (Lipinski definition) is 3. The normalized spacial score (nSPS) is 14.8. The van der Waals surface area contributed by atoms with Crippen LogP contribution in [0.4, 0.5) is 0 Å². The number of nitrogens with zero attached hydrogens (tertiary/aromatic N) is 1. The van der Waals surface area contributed by atoms with Crippen molar-refractivity contribution in [2.75, 3.05) is 0 Å². The van der Waals surface area contributed by atoms with Crippen LogP contribution < -0.4 is 0 Å². The molecule has 0 saturated carbocycles. The molecule has 0 spiro atoms. The summed E-state index contributed by atoms with van der Waals surface area (Å²) in [5.41, 5.74) is -0.145. The van der Waals surface area contributed by atoms with Crippen molar-refractivity contribution in [3.63, 3.8) is 0 Å². The second-order valence-electron chi connectivity index (χ2n) is 3.77. The summed E-state index contributed by atoms with van der Waals surface area (Å²) in [5.74, 6) is 0.767. The number of furan rings is 1. The lowest BCUT2D eigenvalue weighted by Crippen LogP contribution is -2.24. The highest BCUT2D eigenvalue weighted by Gasteiger charge is 2.24. The predicted octanol–water partition coefficient (Wildman–Crippen LogP) is 2.12. The van der Waals surface area contributed by atoms with Gasteiger partial charge in [0.15, 0.2) is 0 Å². The van der Waals surface area contributed by atoms with Gasteiger partial charge in [-0.15, -0.1) is 0 Å². The molecule has 0 radical (unpaired) electrons. The molecule has 2 heterocycles. The Morgan fingerprint density at radius 2 is 2.27 bits per heavy atom. The molecule has 78 valence electrons. The molecule has 0 aliphatic heterocycles. The van der Waals surface area contributed by atoms with Gasteiger partial charge in [0, 0.05) is 24.4 Å². The van der Waals surface area contributed by atoms with Crippen molar-refractivity contribution in [2.45, 2.75) is 18.9 Å². The summed E-state index contributed by atoms with van der Waals surface area (Å²) in [6.07, 6.45) is 5.41. The SMILES string of the molecule is CC(O)(Cc1ccco1)c1cccnc1. The third kappa shape index (κ3) is 2.25. The van der Waals surface area contributed by atoms with Crippen LogP contribution in [0.5, 0.6) is 0 Å². The average molecular weight is 203 g/mol. The Labute approximate surface area is 88.4 Å². The zero-order valence-electron chi connectivity index (χ0n) is 8.55. The van der Waals surface area contributed by atoms with Crippen molar-refractivity contribution in [1.82, 2.24) is 4.98 Å². The van der Waals surface area contributed by atoms with Gasteiger partial charge in [-0.25, -0.2) is 0 Å². The minimum Gasteiger partial charge on any atom is -0.469 e. The lowest BCUT2D eigenvalue weighted by Gasteiger charge is -2.21. The summed E-state index contributed by atoms with van der Waals surface area (Å²) in [6.45, 7) is 1.76. The van der Waals surface area contributed by atoms with E-state index in [0.29, 0.717) is 6.42 Å². The van der Waals surface area contributed by atoms with E-state index < -0.39 is 5.60 Å². The standard InChI is InChI=1S/C12H13NO2/c1-12(14,8-11-5-3-7-15-11)10-4-2-6-13-9-10/h2-7,9,14H,8H2,1H3. The second kappa shape index (κ2) is 3.87. The Bertz CT molecular complexity index is 406. The fraction of sp³-hybridized carbons (Fsp3) is 0.250. The van der Waals surface area contributed by atoms with E-state index in [1.54, 1.807) is 25.6 Å². The number of pyridine rings is 1. The van der Waals surface area contributed by atoms with Gasteiger partial charge in [0.1, 0.15) is 5.76 Å². The van der Waals surface area contributed by atoms with Gasteiger partial charge in [-0.2, -0.15) is 0 Å². The van der Waals surface area contributed by atoms with Crippen LogP contribution in [0.15, 0.2) is 47.3 Å². The van der Waals surface area contributed by atoms with Gasteiger partial charge in [-0.1, -0.05) is 6.07 Å². The molecule has 0 fully saturated rings. The summed E-state index contributed by atoms with van der Waals surface area (Å²) in [4.78, 5) is 3.99. The van der Waals surface area contributed by atoms with Crippen molar-refractivity contribution in [3.8, 4) is 0 Å². The molecule has 1 atom stereocenters. The van der Waals surface area contributed by atoms with Gasteiger partial charge in [0.05, 0.1) is 11.9 Å². The third-order valence-electron chi connectivity index (χ3n) is 2.38. The average Bonchev–Trinajstić information content (AvgIpc) is 2.71.